The molecule has 348 valence electrons. The molecule has 0 spiro atoms. The van der Waals surface area contributed by atoms with E-state index in [4.69, 9.17) is 10.0 Å². The second-order valence-corrected chi connectivity index (χ2v) is 17.3. The number of carboxylic acid groups (broad SMARTS) is 2. The molecule has 0 saturated heterocycles. The molecule has 0 aliphatic carbocycles. The summed E-state index contributed by atoms with van der Waals surface area (Å²) in [7, 11) is -1.35. The number of carbonyl (C=O) groups excluding carboxylic acids is 2. The number of benzene rings is 4. The van der Waals surface area contributed by atoms with Crippen LogP contribution in [0.25, 0.3) is 11.1 Å². The number of rotatable bonds is 18. The van der Waals surface area contributed by atoms with E-state index >= 15 is 0 Å². The van der Waals surface area contributed by atoms with Gasteiger partial charge < -0.3 is 41.1 Å². The third kappa shape index (κ3) is 15.8. The van der Waals surface area contributed by atoms with Gasteiger partial charge in [0, 0.05) is 16.6 Å². The number of hydrogen-bond acceptors (Lipinski definition) is 12. The highest BCUT2D eigenvalue weighted by molar-refractivity contribution is 9.10. The molecule has 0 aliphatic heterocycles. The Morgan fingerprint density at radius 2 is 1.09 bits per heavy atom. The number of aliphatic hydroxyl groups excluding tert-OH is 2. The second kappa shape index (κ2) is 24.6. The maximum absolute atomic E-state index is 12.5. The van der Waals surface area contributed by atoms with Crippen molar-refractivity contribution in [2.45, 2.75) is 65.5 Å². The number of carboxylic acids is 2. The minimum Gasteiger partial charge on any atom is -0.481 e. The van der Waals surface area contributed by atoms with Crippen LogP contribution in [0.1, 0.15) is 69.9 Å². The monoisotopic (exact) mass is 968 g/mol. The number of aliphatic hydroxyl groups is 2. The zero-order chi connectivity index (χ0) is 48.4. The average molecular weight is 970 g/mol. The van der Waals surface area contributed by atoms with E-state index in [9.17, 15) is 39.6 Å². The van der Waals surface area contributed by atoms with Gasteiger partial charge in [0.2, 0.25) is 0 Å². The zero-order valence-electron chi connectivity index (χ0n) is 36.9. The van der Waals surface area contributed by atoms with Crippen LogP contribution >= 0.6 is 15.9 Å². The molecular formula is C46H54BBrN8O10. The number of aromatic amines is 2. The Kier molecular flexibility index (Phi) is 19.4. The van der Waals surface area contributed by atoms with Crippen LogP contribution in [0.3, 0.4) is 0 Å². The molecule has 6 aromatic rings. The van der Waals surface area contributed by atoms with Gasteiger partial charge in [0.1, 0.15) is 0 Å². The third-order valence-electron chi connectivity index (χ3n) is 10.6. The van der Waals surface area contributed by atoms with E-state index < -0.39 is 67.0 Å². The average Bonchev–Trinajstić information content (AvgIpc) is 4.04. The van der Waals surface area contributed by atoms with Gasteiger partial charge in [-0.2, -0.15) is 30.8 Å². The van der Waals surface area contributed by atoms with E-state index in [2.05, 4.69) is 63.5 Å². The van der Waals surface area contributed by atoms with E-state index in [-0.39, 0.29) is 24.2 Å². The number of amides is 2. The van der Waals surface area contributed by atoms with Gasteiger partial charge >= 0.3 is 19.1 Å². The van der Waals surface area contributed by atoms with Gasteiger partial charge in [0.05, 0.1) is 36.4 Å². The Morgan fingerprint density at radius 3 is 1.45 bits per heavy atom. The minimum absolute atomic E-state index is 0.0576. The van der Waals surface area contributed by atoms with E-state index in [0.29, 0.717) is 18.3 Å². The molecule has 20 heteroatoms. The molecule has 10 N–H and O–H groups in total. The van der Waals surface area contributed by atoms with Crippen LogP contribution in [0.5, 0.6) is 0 Å². The quantitative estimate of drug-likeness (QED) is 0.0551. The molecule has 0 fully saturated rings. The molecule has 4 atom stereocenters. The molecule has 6 rings (SSSR count). The fourth-order valence-electron chi connectivity index (χ4n) is 6.69. The summed E-state index contributed by atoms with van der Waals surface area (Å²) in [5.74, 6) is -3.15. The van der Waals surface area contributed by atoms with E-state index in [0.717, 1.165) is 32.3 Å². The van der Waals surface area contributed by atoms with Crippen molar-refractivity contribution in [3.8, 4) is 11.1 Å². The maximum atomic E-state index is 12.5. The molecule has 2 amide bonds. The molecule has 2 heterocycles. The van der Waals surface area contributed by atoms with Crippen molar-refractivity contribution in [2.24, 2.45) is 10.8 Å². The van der Waals surface area contributed by atoms with E-state index in [1.54, 1.807) is 18.2 Å². The summed E-state index contributed by atoms with van der Waals surface area (Å²) in [5, 5.41) is 80.6. The molecule has 0 saturated carbocycles. The Morgan fingerprint density at radius 1 is 0.652 bits per heavy atom. The first-order valence-electron chi connectivity index (χ1n) is 20.7. The van der Waals surface area contributed by atoms with Gasteiger partial charge in [0.15, 0.2) is 11.4 Å². The smallest absolute Gasteiger partial charge is 0.481 e. The van der Waals surface area contributed by atoms with Gasteiger partial charge in [-0.1, -0.05) is 112 Å². The van der Waals surface area contributed by atoms with Crippen LogP contribution in [0.2, 0.25) is 0 Å². The normalized spacial score (nSPS) is 13.5. The highest BCUT2D eigenvalue weighted by atomic mass is 79.9. The predicted molar refractivity (Wildman–Crippen MR) is 249 cm³/mol. The minimum atomic E-state index is -1.39. The fraction of sp³-hybridized carbons (Fsp3) is 0.304. The molecule has 18 nitrogen and oxygen atoms in total. The number of halogens is 1. The SMILES string of the molecule is C[C@@](CO)(C[C@@H](Cc1ccc(Br)cc1)NC(=O)c1cn[nH]n1)C(=O)O.Cc1cccc(-c2ccc(C[C@H](C[C@@](C)(CO)C(=O)O)NC(=O)c3cn[nH]n3)cc2)c1.Cc1cccc(B(O)O)c1. The third-order valence-corrected chi connectivity index (χ3v) is 11.1. The summed E-state index contributed by atoms with van der Waals surface area (Å²) in [5.41, 5.74) is 4.28. The van der Waals surface area contributed by atoms with E-state index in [1.165, 1.54) is 31.8 Å². The highest BCUT2D eigenvalue weighted by Gasteiger charge is 2.37. The van der Waals surface area contributed by atoms with Crippen molar-refractivity contribution in [2.75, 3.05) is 13.2 Å². The van der Waals surface area contributed by atoms with Crippen molar-refractivity contribution in [3.05, 3.63) is 148 Å². The first kappa shape index (κ1) is 52.1. The van der Waals surface area contributed by atoms with Crippen molar-refractivity contribution in [1.82, 2.24) is 41.5 Å². The van der Waals surface area contributed by atoms with Crippen LogP contribution in [-0.2, 0) is 22.4 Å². The fourth-order valence-corrected chi connectivity index (χ4v) is 6.96. The summed E-state index contributed by atoms with van der Waals surface area (Å²) >= 11 is 3.36. The first-order valence-corrected chi connectivity index (χ1v) is 21.5. The lowest BCUT2D eigenvalue weighted by molar-refractivity contribution is -0.152. The molecular weight excluding hydrogens is 915 g/mol. The van der Waals surface area contributed by atoms with Crippen LogP contribution in [0, 0.1) is 24.7 Å². The van der Waals surface area contributed by atoms with Gasteiger partial charge in [0.25, 0.3) is 11.8 Å². The standard InChI is InChI=1S/C23H26N4O4.C16H19BrN4O4.C7H9BO2/c1-15-4-3-5-18(10-15)17-8-6-16(7-9-17)11-19(12-23(2,14-28)22(30)31)25-21(29)20-13-24-27-26-20;1-16(9-22,15(24)25)7-12(6-10-2-4-11(17)5-3-10)19-14(23)13-8-18-21-20-13;1-6-3-2-4-7(5-6)8(9)10/h3-10,13,19,28H,11-12,14H2,1-2H3,(H,25,29)(H,30,31)(H,24,26,27);2-5,8,12,22H,6-7,9H2,1H3,(H,19,23)(H,24,25)(H,18,20,21);2-5,9-10H,1H3/t19-,23+;12-,16+;/m11./s1. The number of aliphatic carboxylic acids is 2. The Balaban J connectivity index is 0.000000242. The predicted octanol–water partition coefficient (Wildman–Crippen LogP) is 3.65. The Bertz CT molecular complexity index is 2480. The lowest BCUT2D eigenvalue weighted by Crippen LogP contribution is -2.44. The number of nitrogens with zero attached hydrogens (tertiary/aromatic N) is 4. The molecule has 66 heavy (non-hydrogen) atoms. The molecule has 4 aromatic carbocycles. The lowest BCUT2D eigenvalue weighted by Gasteiger charge is -2.28. The summed E-state index contributed by atoms with van der Waals surface area (Å²) in [4.78, 5) is 47.9. The van der Waals surface area contributed by atoms with Crippen LogP contribution < -0.4 is 16.1 Å². The van der Waals surface area contributed by atoms with E-state index in [1.807, 2.05) is 86.6 Å². The van der Waals surface area contributed by atoms with Crippen molar-refractivity contribution in [3.63, 3.8) is 0 Å². The lowest BCUT2D eigenvalue weighted by atomic mass is 9.80. The van der Waals surface area contributed by atoms with Gasteiger partial charge in [-0.3, -0.25) is 19.2 Å². The van der Waals surface area contributed by atoms with Crippen LogP contribution in [0.4, 0.5) is 0 Å². The summed E-state index contributed by atoms with van der Waals surface area (Å²) in [6.45, 7) is 5.80. The zero-order valence-corrected chi connectivity index (χ0v) is 38.4. The number of carbonyl (C=O) groups is 4. The highest BCUT2D eigenvalue weighted by Crippen LogP contribution is 2.27. The molecule has 0 aliphatic rings. The molecule has 0 unspecified atom stereocenters. The molecule has 2 aromatic heterocycles. The Hall–Kier alpha value is -6.58. The van der Waals surface area contributed by atoms with Gasteiger partial charge in [-0.05, 0) is 93.2 Å². The number of hydrogen-bond donors (Lipinski definition) is 10. The second-order valence-electron chi connectivity index (χ2n) is 16.4. The molecule has 0 radical (unpaired) electrons. The maximum Gasteiger partial charge on any atom is 0.488 e. The molecule has 0 bridgehead atoms. The van der Waals surface area contributed by atoms with Gasteiger partial charge in [-0.25, -0.2) is 0 Å². The number of aryl methyl sites for hydroxylation is 2. The topological polar surface area (TPSA) is 297 Å². The Labute approximate surface area is 390 Å². The summed E-state index contributed by atoms with van der Waals surface area (Å²) in [6.07, 6.45) is 3.53. The van der Waals surface area contributed by atoms with Crippen molar-refractivity contribution in [1.29, 1.82) is 0 Å². The largest absolute Gasteiger partial charge is 0.488 e. The van der Waals surface area contributed by atoms with Crippen molar-refractivity contribution < 1.29 is 49.7 Å². The number of aromatic nitrogens is 6. The summed E-state index contributed by atoms with van der Waals surface area (Å²) in [6, 6.07) is 29.7. The first-order chi connectivity index (χ1) is 31.3. The van der Waals surface area contributed by atoms with Crippen LogP contribution in [0.15, 0.2) is 114 Å². The van der Waals surface area contributed by atoms with Crippen LogP contribution in [-0.4, -0.2) is 117 Å². The summed E-state index contributed by atoms with van der Waals surface area (Å²) < 4.78 is 0.921. The number of nitrogens with one attached hydrogen (secondary N) is 4. The van der Waals surface area contributed by atoms with Gasteiger partial charge in [-0.15, -0.1) is 0 Å². The van der Waals surface area contributed by atoms with Crippen molar-refractivity contribution >= 4 is 52.3 Å². The number of H-pyrrole nitrogens is 2.